The van der Waals surface area contributed by atoms with Crippen molar-refractivity contribution >= 4 is 16.1 Å². The number of rotatable bonds is 6. The quantitative estimate of drug-likeness (QED) is 0.471. The zero-order chi connectivity index (χ0) is 25.4. The summed E-state index contributed by atoms with van der Waals surface area (Å²) in [4.78, 5) is 10.1. The first kappa shape index (κ1) is 25.7. The van der Waals surface area contributed by atoms with Gasteiger partial charge >= 0.3 is 16.4 Å². The highest BCUT2D eigenvalue weighted by Gasteiger charge is 2.65. The normalized spacial score (nSPS) is 15.7. The van der Waals surface area contributed by atoms with Crippen LogP contribution in [-0.2, 0) is 6.18 Å². The van der Waals surface area contributed by atoms with Gasteiger partial charge in [-0.1, -0.05) is 19.4 Å². The summed E-state index contributed by atoms with van der Waals surface area (Å²) in [6, 6.07) is 6.39. The van der Waals surface area contributed by atoms with Crippen LogP contribution in [0.4, 0.5) is 32.6 Å². The fraction of sp³-hybridized carbons (Fsp3) is 0.211. The van der Waals surface area contributed by atoms with E-state index in [1.807, 2.05) is 0 Å². The Balaban J connectivity index is 2.24. The number of carbonyl (C=O) groups excluding carboxylic acids is 1. The van der Waals surface area contributed by atoms with Gasteiger partial charge in [0.15, 0.2) is 5.54 Å². The predicted octanol–water partition coefficient (Wildman–Crippen LogP) is 6.33. The Morgan fingerprint density at radius 3 is 2.06 bits per heavy atom. The summed E-state index contributed by atoms with van der Waals surface area (Å²) in [6.45, 7) is 0.201. The number of ether oxygens (including phenoxy) is 1. The zero-order valence-corrected chi connectivity index (χ0v) is 17.2. The summed E-state index contributed by atoms with van der Waals surface area (Å²) in [5.74, 6) is -1.96. The molecule has 33 heavy (non-hydrogen) atoms. The van der Waals surface area contributed by atoms with Crippen LogP contribution in [-0.4, -0.2) is 18.1 Å². The van der Waals surface area contributed by atoms with Crippen molar-refractivity contribution in [2.24, 2.45) is 0 Å². The smallest absolute Gasteiger partial charge is 0.419 e. The number of halogens is 8. The maximum Gasteiger partial charge on any atom is 0.419 e. The van der Waals surface area contributed by atoms with Crippen LogP contribution in [0.3, 0.4) is 0 Å². The fourth-order valence-electron chi connectivity index (χ4n) is 2.45. The Morgan fingerprint density at radius 2 is 1.61 bits per heavy atom. The second kappa shape index (κ2) is 7.52. The van der Waals surface area contributed by atoms with Crippen LogP contribution in [0.5, 0.6) is 5.75 Å². The van der Waals surface area contributed by atoms with Crippen LogP contribution in [0, 0.1) is 22.7 Å². The molecule has 0 aliphatic heterocycles. The monoisotopic (exact) mass is 499 g/mol. The summed E-state index contributed by atoms with van der Waals surface area (Å²) < 4.78 is 108. The number of carbonyl (C=O) groups is 1. The summed E-state index contributed by atoms with van der Waals surface area (Å²) in [7, 11) is -9.95. The molecule has 14 heteroatoms. The number of nitrogens with zero attached hydrogens (tertiary/aromatic N) is 2. The van der Waals surface area contributed by atoms with E-state index in [1.165, 1.54) is 0 Å². The maximum absolute atomic E-state index is 13.2. The van der Waals surface area contributed by atoms with Crippen molar-refractivity contribution in [3.63, 3.8) is 0 Å². The van der Waals surface area contributed by atoms with Crippen molar-refractivity contribution < 1.29 is 42.1 Å². The summed E-state index contributed by atoms with van der Waals surface area (Å²) >= 11 is 0. The summed E-state index contributed by atoms with van der Waals surface area (Å²) in [5, 5.41) is 20.3. The Labute approximate surface area is 181 Å². The lowest BCUT2D eigenvalue weighted by molar-refractivity contribution is -0.139. The molecule has 1 atom stereocenters. The van der Waals surface area contributed by atoms with Crippen LogP contribution in [0.15, 0.2) is 47.4 Å². The lowest BCUT2D eigenvalue weighted by Crippen LogP contribution is -2.49. The number of hydrogen-bond acceptors (Lipinski definition) is 4. The minimum atomic E-state index is -9.95. The molecule has 1 N–H and O–H groups in total. The molecule has 1 amide bonds. The van der Waals surface area contributed by atoms with Gasteiger partial charge in [0, 0.05) is 5.56 Å². The van der Waals surface area contributed by atoms with E-state index in [0.29, 0.717) is 18.2 Å². The molecule has 0 aliphatic rings. The van der Waals surface area contributed by atoms with Gasteiger partial charge in [-0.25, -0.2) is 0 Å². The molecule has 178 valence electrons. The van der Waals surface area contributed by atoms with Crippen molar-refractivity contribution in [1.29, 1.82) is 10.5 Å². The molecule has 0 aliphatic carbocycles. The van der Waals surface area contributed by atoms with Gasteiger partial charge in [0.25, 0.3) is 5.91 Å². The highest BCUT2D eigenvalue weighted by Crippen LogP contribution is 3.02. The van der Waals surface area contributed by atoms with Gasteiger partial charge in [0.05, 0.1) is 23.3 Å². The lowest BCUT2D eigenvalue weighted by atomic mass is 10.0. The summed E-state index contributed by atoms with van der Waals surface area (Å²) in [6.07, 6.45) is -4.86. The first-order valence-corrected chi connectivity index (χ1v) is 10.6. The highest BCUT2D eigenvalue weighted by atomic mass is 32.5. The van der Waals surface area contributed by atoms with Gasteiger partial charge in [-0.15, -0.1) is 0 Å². The second-order valence-electron chi connectivity index (χ2n) is 7.00. The third-order valence-electron chi connectivity index (χ3n) is 4.13. The van der Waals surface area contributed by atoms with Crippen molar-refractivity contribution in [3.8, 4) is 17.9 Å². The van der Waals surface area contributed by atoms with Crippen LogP contribution in [0.25, 0.3) is 0 Å². The molecule has 0 spiro atoms. The molecule has 0 bridgehead atoms. The minimum absolute atomic E-state index is 0.000319. The molecule has 2 aromatic carbocycles. The van der Waals surface area contributed by atoms with Gasteiger partial charge in [-0.05, 0) is 49.4 Å². The molecule has 0 aromatic heterocycles. The first-order valence-electron chi connectivity index (χ1n) is 8.60. The average molecular weight is 499 g/mol. The van der Waals surface area contributed by atoms with E-state index in [1.54, 1.807) is 12.1 Å². The maximum atomic E-state index is 13.2. The molecular weight excluding hydrogens is 486 g/mol. The Hall–Kier alpha value is -3.52. The van der Waals surface area contributed by atoms with Gasteiger partial charge in [0.1, 0.15) is 17.3 Å². The van der Waals surface area contributed by atoms with Crippen LogP contribution in [0.2, 0.25) is 0 Å². The lowest BCUT2D eigenvalue weighted by Gasteiger charge is -2.40. The van der Waals surface area contributed by atoms with E-state index in [2.05, 4.69) is 5.32 Å². The number of amides is 1. The van der Waals surface area contributed by atoms with Crippen molar-refractivity contribution in [2.75, 3.05) is 6.61 Å². The first-order chi connectivity index (χ1) is 14.8. The molecule has 0 radical (unpaired) electrons. The third kappa shape index (κ3) is 6.49. The number of nitrogens with one attached hydrogen (secondary N) is 1. The number of alkyl halides is 3. The molecule has 0 fully saturated rings. The van der Waals surface area contributed by atoms with E-state index < -0.39 is 56.2 Å². The van der Waals surface area contributed by atoms with Crippen molar-refractivity contribution in [1.82, 2.24) is 5.32 Å². The standard InChI is InChI=1S/C19H13F8N3O2S/c1-18(10-29,11-32-16-8-12(9-28)2-7-15(16)19(20,21)22)30-17(31)13-3-5-14(6-4-13)33(23,24,25,26)27/h2-8H,11H2,1H3,(H,30,31)/t18-/m1/s1. The molecule has 5 nitrogen and oxygen atoms in total. The van der Waals surface area contributed by atoms with Gasteiger partial charge in [0.2, 0.25) is 0 Å². The topological polar surface area (TPSA) is 85.9 Å². The third-order valence-corrected chi connectivity index (χ3v) is 5.29. The van der Waals surface area contributed by atoms with Crippen LogP contribution < -0.4 is 10.1 Å². The zero-order valence-electron chi connectivity index (χ0n) is 16.4. The molecule has 2 rings (SSSR count). The molecule has 0 unspecified atom stereocenters. The number of hydrogen-bond donors (Lipinski definition) is 1. The Bertz CT molecular complexity index is 1170. The minimum Gasteiger partial charge on any atom is -0.489 e. The van der Waals surface area contributed by atoms with Crippen LogP contribution in [0.1, 0.15) is 28.4 Å². The molecule has 0 saturated carbocycles. The fourth-order valence-corrected chi connectivity index (χ4v) is 3.10. The highest BCUT2D eigenvalue weighted by molar-refractivity contribution is 8.45. The van der Waals surface area contributed by atoms with E-state index in [0.717, 1.165) is 19.1 Å². The van der Waals surface area contributed by atoms with Gasteiger partial charge in [-0.3, -0.25) is 4.79 Å². The number of benzene rings is 2. The largest absolute Gasteiger partial charge is 0.489 e. The SMILES string of the molecule is C[C@@](C#N)(COc1cc(C#N)ccc1C(F)(F)F)NC(=O)c1ccc(S(F)(F)(F)(F)F)cc1. The van der Waals surface area contributed by atoms with E-state index >= 15 is 0 Å². The molecule has 0 saturated heterocycles. The van der Waals surface area contributed by atoms with E-state index in [9.17, 15) is 42.7 Å². The van der Waals surface area contributed by atoms with E-state index in [-0.39, 0.29) is 17.7 Å². The van der Waals surface area contributed by atoms with Crippen molar-refractivity contribution in [3.05, 3.63) is 59.2 Å². The number of nitriles is 2. The van der Waals surface area contributed by atoms with E-state index in [4.69, 9.17) is 10.00 Å². The van der Waals surface area contributed by atoms with Gasteiger partial charge in [-0.2, -0.15) is 23.7 Å². The molecule has 2 aromatic rings. The molecule has 0 heterocycles. The van der Waals surface area contributed by atoms with Crippen LogP contribution >= 0.6 is 10.2 Å². The summed E-state index contributed by atoms with van der Waals surface area (Å²) in [5.41, 5.74) is -3.93. The predicted molar refractivity (Wildman–Crippen MR) is 101 cm³/mol. The van der Waals surface area contributed by atoms with Crippen molar-refractivity contribution in [2.45, 2.75) is 23.5 Å². The van der Waals surface area contributed by atoms with Gasteiger partial charge < -0.3 is 10.1 Å². The second-order valence-corrected chi connectivity index (χ2v) is 9.41. The Morgan fingerprint density at radius 1 is 1.03 bits per heavy atom. The average Bonchev–Trinajstić information content (AvgIpc) is 2.69. The molecular formula is C19H13F8N3O2S. The Kier molecular flexibility index (Phi) is 5.86.